The summed E-state index contributed by atoms with van der Waals surface area (Å²) in [5.41, 5.74) is 0. The van der Waals surface area contributed by atoms with Crippen molar-refractivity contribution >= 4 is 12.1 Å². The Labute approximate surface area is 103 Å². The van der Waals surface area contributed by atoms with E-state index in [9.17, 15) is 9.59 Å². The summed E-state index contributed by atoms with van der Waals surface area (Å²) in [6.45, 7) is 4.50. The van der Waals surface area contributed by atoms with Crippen LogP contribution in [0.1, 0.15) is 52.4 Å². The van der Waals surface area contributed by atoms with E-state index in [0.717, 1.165) is 25.7 Å². The fraction of sp³-hybridized carbons (Fsp3) is 0.833. The predicted molar refractivity (Wildman–Crippen MR) is 65.0 cm³/mol. The van der Waals surface area contributed by atoms with Crippen LogP contribution in [-0.2, 0) is 9.53 Å². The van der Waals surface area contributed by atoms with Crippen molar-refractivity contribution in [1.82, 2.24) is 5.32 Å². The third-order valence-corrected chi connectivity index (χ3v) is 2.52. The molecule has 5 nitrogen and oxygen atoms in total. The number of unbranched alkanes of at least 4 members (excludes halogenated alkanes) is 2. The number of hydrogen-bond donors (Lipinski definition) is 2. The highest BCUT2D eigenvalue weighted by Gasteiger charge is 2.09. The molecule has 100 valence electrons. The number of ether oxygens (including phenoxy) is 1. The standard InChI is InChI=1S/C12H23NO4/c1-3-10(4-2)17-12(16)13-9-7-5-6-8-11(14)15/h10H,3-9H2,1-2H3,(H,13,16)(H,14,15). The molecule has 0 aromatic heterocycles. The average Bonchev–Trinajstić information content (AvgIpc) is 2.30. The molecule has 0 spiro atoms. The lowest BCUT2D eigenvalue weighted by Gasteiger charge is -2.14. The number of carbonyl (C=O) groups excluding carboxylic acids is 1. The Morgan fingerprint density at radius 3 is 2.35 bits per heavy atom. The summed E-state index contributed by atoms with van der Waals surface area (Å²) in [5.74, 6) is -0.772. The lowest BCUT2D eigenvalue weighted by atomic mass is 10.2. The van der Waals surface area contributed by atoms with E-state index in [0.29, 0.717) is 13.0 Å². The minimum atomic E-state index is -0.772. The van der Waals surface area contributed by atoms with Gasteiger partial charge in [0.25, 0.3) is 0 Å². The Morgan fingerprint density at radius 2 is 1.82 bits per heavy atom. The van der Waals surface area contributed by atoms with Gasteiger partial charge in [-0.25, -0.2) is 4.79 Å². The van der Waals surface area contributed by atoms with Crippen LogP contribution < -0.4 is 5.32 Å². The van der Waals surface area contributed by atoms with Gasteiger partial charge in [-0.15, -0.1) is 0 Å². The summed E-state index contributed by atoms with van der Waals surface area (Å²) in [5, 5.41) is 11.1. The largest absolute Gasteiger partial charge is 0.481 e. The summed E-state index contributed by atoms with van der Waals surface area (Å²) >= 11 is 0. The quantitative estimate of drug-likeness (QED) is 0.612. The van der Waals surface area contributed by atoms with Gasteiger partial charge in [-0.05, 0) is 25.7 Å². The smallest absolute Gasteiger partial charge is 0.407 e. The van der Waals surface area contributed by atoms with Crippen LogP contribution in [0.4, 0.5) is 4.79 Å². The Hall–Kier alpha value is -1.26. The van der Waals surface area contributed by atoms with Gasteiger partial charge in [0.05, 0.1) is 0 Å². The minimum absolute atomic E-state index is 0.0120. The minimum Gasteiger partial charge on any atom is -0.481 e. The number of amides is 1. The monoisotopic (exact) mass is 245 g/mol. The molecule has 1 amide bonds. The highest BCUT2D eigenvalue weighted by Crippen LogP contribution is 2.03. The lowest BCUT2D eigenvalue weighted by Crippen LogP contribution is -2.29. The van der Waals surface area contributed by atoms with E-state index < -0.39 is 5.97 Å². The van der Waals surface area contributed by atoms with Crippen LogP contribution in [0, 0.1) is 0 Å². The summed E-state index contributed by atoms with van der Waals surface area (Å²) in [4.78, 5) is 21.5. The molecule has 0 aliphatic carbocycles. The Bertz CT molecular complexity index is 227. The number of carboxylic acids is 1. The molecule has 0 radical (unpaired) electrons. The second kappa shape index (κ2) is 9.93. The molecule has 0 fully saturated rings. The summed E-state index contributed by atoms with van der Waals surface area (Å²) in [6.07, 6.45) is 3.68. The molecule has 0 atom stereocenters. The van der Waals surface area contributed by atoms with Crippen molar-refractivity contribution in [3.05, 3.63) is 0 Å². The molecular formula is C12H23NO4. The number of hydrogen-bond acceptors (Lipinski definition) is 3. The lowest BCUT2D eigenvalue weighted by molar-refractivity contribution is -0.137. The third kappa shape index (κ3) is 9.66. The van der Waals surface area contributed by atoms with Crippen molar-refractivity contribution < 1.29 is 19.4 Å². The first kappa shape index (κ1) is 15.7. The van der Waals surface area contributed by atoms with E-state index in [-0.39, 0.29) is 18.6 Å². The number of alkyl carbamates (subject to hydrolysis) is 1. The van der Waals surface area contributed by atoms with Crippen LogP contribution >= 0.6 is 0 Å². The molecule has 0 unspecified atom stereocenters. The SMILES string of the molecule is CCC(CC)OC(=O)NCCCCCC(=O)O. The molecule has 0 aromatic rings. The number of carboxylic acid groups (broad SMARTS) is 1. The first-order valence-corrected chi connectivity index (χ1v) is 6.26. The molecule has 0 aliphatic rings. The zero-order valence-electron chi connectivity index (χ0n) is 10.7. The second-order valence-electron chi connectivity index (χ2n) is 3.97. The van der Waals surface area contributed by atoms with Gasteiger partial charge in [0.2, 0.25) is 0 Å². The van der Waals surface area contributed by atoms with E-state index >= 15 is 0 Å². The van der Waals surface area contributed by atoms with Crippen LogP contribution in [-0.4, -0.2) is 29.8 Å². The van der Waals surface area contributed by atoms with Gasteiger partial charge in [0.15, 0.2) is 0 Å². The van der Waals surface area contributed by atoms with Crippen molar-refractivity contribution in [3.63, 3.8) is 0 Å². The zero-order valence-corrected chi connectivity index (χ0v) is 10.7. The molecule has 0 bridgehead atoms. The fourth-order valence-corrected chi connectivity index (χ4v) is 1.42. The topological polar surface area (TPSA) is 75.6 Å². The van der Waals surface area contributed by atoms with Gasteiger partial charge >= 0.3 is 12.1 Å². The maximum absolute atomic E-state index is 11.3. The molecule has 2 N–H and O–H groups in total. The van der Waals surface area contributed by atoms with Crippen LogP contribution in [0.2, 0.25) is 0 Å². The summed E-state index contributed by atoms with van der Waals surface area (Å²) in [7, 11) is 0. The van der Waals surface area contributed by atoms with E-state index in [4.69, 9.17) is 9.84 Å². The third-order valence-electron chi connectivity index (χ3n) is 2.52. The molecule has 17 heavy (non-hydrogen) atoms. The van der Waals surface area contributed by atoms with E-state index in [2.05, 4.69) is 5.32 Å². The number of aliphatic carboxylic acids is 1. The summed E-state index contributed by atoms with van der Waals surface area (Å²) in [6, 6.07) is 0. The fourth-order valence-electron chi connectivity index (χ4n) is 1.42. The molecule has 0 saturated carbocycles. The molecule has 0 heterocycles. The first-order valence-electron chi connectivity index (χ1n) is 6.26. The van der Waals surface area contributed by atoms with Crippen molar-refractivity contribution in [2.24, 2.45) is 0 Å². The highest BCUT2D eigenvalue weighted by atomic mass is 16.6. The molecule has 0 aliphatic heterocycles. The van der Waals surface area contributed by atoms with E-state index in [1.165, 1.54) is 0 Å². The number of rotatable bonds is 9. The maximum atomic E-state index is 11.3. The van der Waals surface area contributed by atoms with Crippen LogP contribution in [0.25, 0.3) is 0 Å². The number of carbonyl (C=O) groups is 2. The molecule has 0 saturated heterocycles. The average molecular weight is 245 g/mol. The van der Waals surface area contributed by atoms with Gasteiger partial charge < -0.3 is 15.2 Å². The van der Waals surface area contributed by atoms with Crippen molar-refractivity contribution in [2.45, 2.75) is 58.5 Å². The highest BCUT2D eigenvalue weighted by molar-refractivity contribution is 5.67. The molecule has 0 aromatic carbocycles. The van der Waals surface area contributed by atoms with Gasteiger partial charge in [-0.1, -0.05) is 20.3 Å². The number of nitrogens with one attached hydrogen (secondary N) is 1. The Balaban J connectivity index is 3.42. The summed E-state index contributed by atoms with van der Waals surface area (Å²) < 4.78 is 5.15. The van der Waals surface area contributed by atoms with Crippen LogP contribution in [0.5, 0.6) is 0 Å². The Morgan fingerprint density at radius 1 is 1.18 bits per heavy atom. The zero-order chi connectivity index (χ0) is 13.1. The molecule has 5 heteroatoms. The van der Waals surface area contributed by atoms with Gasteiger partial charge in [-0.2, -0.15) is 0 Å². The van der Waals surface area contributed by atoms with Gasteiger partial charge in [-0.3, -0.25) is 4.79 Å². The van der Waals surface area contributed by atoms with Gasteiger partial charge in [0.1, 0.15) is 6.10 Å². The Kier molecular flexibility index (Phi) is 9.19. The predicted octanol–water partition coefficient (Wildman–Crippen LogP) is 2.55. The maximum Gasteiger partial charge on any atom is 0.407 e. The van der Waals surface area contributed by atoms with Gasteiger partial charge in [0, 0.05) is 13.0 Å². The van der Waals surface area contributed by atoms with Crippen molar-refractivity contribution in [1.29, 1.82) is 0 Å². The normalized spacial score (nSPS) is 10.3. The second-order valence-corrected chi connectivity index (χ2v) is 3.97. The van der Waals surface area contributed by atoms with Crippen molar-refractivity contribution in [2.75, 3.05) is 6.54 Å². The van der Waals surface area contributed by atoms with Crippen LogP contribution in [0.15, 0.2) is 0 Å². The molecular weight excluding hydrogens is 222 g/mol. The van der Waals surface area contributed by atoms with E-state index in [1.807, 2.05) is 13.8 Å². The van der Waals surface area contributed by atoms with Crippen molar-refractivity contribution in [3.8, 4) is 0 Å². The molecule has 0 rings (SSSR count). The van der Waals surface area contributed by atoms with E-state index in [1.54, 1.807) is 0 Å². The van der Waals surface area contributed by atoms with Crippen LogP contribution in [0.3, 0.4) is 0 Å². The first-order chi connectivity index (χ1) is 8.10.